The van der Waals surface area contributed by atoms with E-state index < -0.39 is 0 Å². The Morgan fingerprint density at radius 3 is 2.61 bits per heavy atom. The summed E-state index contributed by atoms with van der Waals surface area (Å²) < 4.78 is 14.2. The molecule has 0 radical (unpaired) electrons. The lowest BCUT2D eigenvalue weighted by Gasteiger charge is -2.30. The minimum Gasteiger partial charge on any atom is -0.366 e. The quantitative estimate of drug-likeness (QED) is 0.890. The van der Waals surface area contributed by atoms with Crippen molar-refractivity contribution >= 4 is 5.69 Å². The first-order chi connectivity index (χ1) is 8.50. The summed E-state index contributed by atoms with van der Waals surface area (Å²) in [5.41, 5.74) is 7.37. The SMILES string of the molecule is CC(N)c1ccc(N2CCCC2C(C)C)c(F)c1. The molecule has 1 fully saturated rings. The molecular weight excluding hydrogens is 227 g/mol. The van der Waals surface area contributed by atoms with Crippen molar-refractivity contribution in [2.24, 2.45) is 11.7 Å². The molecule has 18 heavy (non-hydrogen) atoms. The van der Waals surface area contributed by atoms with Crippen LogP contribution >= 0.6 is 0 Å². The number of anilines is 1. The Morgan fingerprint density at radius 2 is 2.06 bits per heavy atom. The lowest BCUT2D eigenvalue weighted by atomic mass is 10.0. The maximum Gasteiger partial charge on any atom is 0.146 e. The fourth-order valence-corrected chi connectivity index (χ4v) is 2.82. The van der Waals surface area contributed by atoms with Crippen LogP contribution < -0.4 is 10.6 Å². The minimum atomic E-state index is -0.141. The highest BCUT2D eigenvalue weighted by Crippen LogP contribution is 2.32. The number of benzene rings is 1. The van der Waals surface area contributed by atoms with Crippen molar-refractivity contribution in [3.63, 3.8) is 0 Å². The monoisotopic (exact) mass is 250 g/mol. The van der Waals surface area contributed by atoms with Crippen LogP contribution in [0.2, 0.25) is 0 Å². The number of nitrogens with zero attached hydrogens (tertiary/aromatic N) is 1. The fourth-order valence-electron chi connectivity index (χ4n) is 2.82. The maximum absolute atomic E-state index is 14.2. The Balaban J connectivity index is 2.28. The van der Waals surface area contributed by atoms with Gasteiger partial charge in [0.2, 0.25) is 0 Å². The van der Waals surface area contributed by atoms with Crippen LogP contribution in [0, 0.1) is 11.7 Å². The Bertz CT molecular complexity index is 415. The molecule has 1 aromatic carbocycles. The third kappa shape index (κ3) is 2.51. The van der Waals surface area contributed by atoms with Crippen molar-refractivity contribution in [1.82, 2.24) is 0 Å². The second-order valence-corrected chi connectivity index (χ2v) is 5.65. The highest BCUT2D eigenvalue weighted by atomic mass is 19.1. The molecule has 2 nitrogen and oxygen atoms in total. The summed E-state index contributed by atoms with van der Waals surface area (Å²) in [6, 6.07) is 5.75. The van der Waals surface area contributed by atoms with Gasteiger partial charge in [-0.15, -0.1) is 0 Å². The third-order valence-corrected chi connectivity index (χ3v) is 3.88. The number of hydrogen-bond acceptors (Lipinski definition) is 2. The Hall–Kier alpha value is -1.09. The predicted molar refractivity (Wildman–Crippen MR) is 74.2 cm³/mol. The molecule has 1 aliphatic rings. The molecule has 0 bridgehead atoms. The molecule has 2 unspecified atom stereocenters. The Morgan fingerprint density at radius 1 is 1.33 bits per heavy atom. The van der Waals surface area contributed by atoms with E-state index in [0.717, 1.165) is 30.6 Å². The van der Waals surface area contributed by atoms with Gasteiger partial charge in [-0.1, -0.05) is 19.9 Å². The zero-order valence-corrected chi connectivity index (χ0v) is 11.5. The summed E-state index contributed by atoms with van der Waals surface area (Å²) in [6.45, 7) is 7.24. The highest BCUT2D eigenvalue weighted by Gasteiger charge is 2.28. The number of hydrogen-bond donors (Lipinski definition) is 1. The largest absolute Gasteiger partial charge is 0.366 e. The standard InChI is InChI=1S/C15H23FN2/c1-10(2)14-5-4-8-18(14)15-7-6-12(11(3)17)9-13(15)16/h6-7,9-11,14H,4-5,8,17H2,1-3H3. The molecule has 3 heteroatoms. The van der Waals surface area contributed by atoms with E-state index in [0.29, 0.717) is 12.0 Å². The lowest BCUT2D eigenvalue weighted by molar-refractivity contribution is 0.485. The van der Waals surface area contributed by atoms with Gasteiger partial charge in [0.1, 0.15) is 5.82 Å². The molecule has 1 aromatic rings. The minimum absolute atomic E-state index is 0.118. The summed E-state index contributed by atoms with van der Waals surface area (Å²) in [6.07, 6.45) is 2.31. The molecule has 2 atom stereocenters. The van der Waals surface area contributed by atoms with Crippen LogP contribution in [-0.2, 0) is 0 Å². The van der Waals surface area contributed by atoms with Crippen LogP contribution in [0.4, 0.5) is 10.1 Å². The van der Waals surface area contributed by atoms with Gasteiger partial charge in [-0.2, -0.15) is 0 Å². The fraction of sp³-hybridized carbons (Fsp3) is 0.600. The molecule has 1 saturated heterocycles. The van der Waals surface area contributed by atoms with Gasteiger partial charge in [-0.3, -0.25) is 0 Å². The van der Waals surface area contributed by atoms with Gasteiger partial charge in [0.25, 0.3) is 0 Å². The topological polar surface area (TPSA) is 29.3 Å². The van der Waals surface area contributed by atoms with Gasteiger partial charge in [0.05, 0.1) is 5.69 Å². The molecular formula is C15H23FN2. The predicted octanol–water partition coefficient (Wildman–Crippen LogP) is 3.47. The van der Waals surface area contributed by atoms with Gasteiger partial charge < -0.3 is 10.6 Å². The average molecular weight is 250 g/mol. The molecule has 100 valence electrons. The van der Waals surface area contributed by atoms with Crippen LogP contribution in [0.15, 0.2) is 18.2 Å². The molecule has 0 spiro atoms. The maximum atomic E-state index is 14.2. The van der Waals surface area contributed by atoms with Crippen LogP contribution in [0.3, 0.4) is 0 Å². The first kappa shape index (κ1) is 13.3. The summed E-state index contributed by atoms with van der Waals surface area (Å²) in [7, 11) is 0. The van der Waals surface area contributed by atoms with Crippen LogP contribution in [0.25, 0.3) is 0 Å². The third-order valence-electron chi connectivity index (χ3n) is 3.88. The van der Waals surface area contributed by atoms with E-state index >= 15 is 0 Å². The van der Waals surface area contributed by atoms with Crippen molar-refractivity contribution in [2.45, 2.75) is 45.7 Å². The summed E-state index contributed by atoms with van der Waals surface area (Å²) in [5.74, 6) is 0.414. The average Bonchev–Trinajstić information content (AvgIpc) is 2.77. The summed E-state index contributed by atoms with van der Waals surface area (Å²) in [5, 5.41) is 0. The van der Waals surface area contributed by atoms with Crippen molar-refractivity contribution in [2.75, 3.05) is 11.4 Å². The first-order valence-electron chi connectivity index (χ1n) is 6.82. The molecule has 0 saturated carbocycles. The summed E-state index contributed by atoms with van der Waals surface area (Å²) >= 11 is 0. The van der Waals surface area contributed by atoms with Crippen LogP contribution in [-0.4, -0.2) is 12.6 Å². The van der Waals surface area contributed by atoms with Gasteiger partial charge in [0, 0.05) is 18.6 Å². The molecule has 0 aliphatic carbocycles. The molecule has 1 aliphatic heterocycles. The van der Waals surface area contributed by atoms with Crippen molar-refractivity contribution in [3.05, 3.63) is 29.6 Å². The van der Waals surface area contributed by atoms with Gasteiger partial charge in [-0.25, -0.2) is 4.39 Å². The van der Waals surface area contributed by atoms with Crippen molar-refractivity contribution < 1.29 is 4.39 Å². The zero-order valence-electron chi connectivity index (χ0n) is 11.5. The van der Waals surface area contributed by atoms with E-state index in [4.69, 9.17) is 5.73 Å². The lowest BCUT2D eigenvalue weighted by Crippen LogP contribution is -2.34. The molecule has 0 aromatic heterocycles. The zero-order chi connectivity index (χ0) is 13.3. The number of rotatable bonds is 3. The Labute approximate surface area is 109 Å². The molecule has 0 amide bonds. The van der Waals surface area contributed by atoms with Crippen molar-refractivity contribution in [3.8, 4) is 0 Å². The highest BCUT2D eigenvalue weighted by molar-refractivity contribution is 5.51. The first-order valence-corrected chi connectivity index (χ1v) is 6.82. The second-order valence-electron chi connectivity index (χ2n) is 5.65. The van der Waals surface area contributed by atoms with E-state index in [2.05, 4.69) is 18.7 Å². The number of nitrogens with two attached hydrogens (primary N) is 1. The Kier molecular flexibility index (Phi) is 3.91. The number of halogens is 1. The molecule has 2 rings (SSSR count). The molecule has 1 heterocycles. The van der Waals surface area contributed by atoms with Gasteiger partial charge >= 0.3 is 0 Å². The van der Waals surface area contributed by atoms with Crippen LogP contribution in [0.5, 0.6) is 0 Å². The summed E-state index contributed by atoms with van der Waals surface area (Å²) in [4.78, 5) is 2.21. The van der Waals surface area contributed by atoms with Gasteiger partial charge in [0.15, 0.2) is 0 Å². The van der Waals surface area contributed by atoms with E-state index in [1.807, 2.05) is 19.1 Å². The van der Waals surface area contributed by atoms with E-state index in [1.165, 1.54) is 0 Å². The van der Waals surface area contributed by atoms with E-state index in [9.17, 15) is 4.39 Å². The second kappa shape index (κ2) is 5.27. The van der Waals surface area contributed by atoms with E-state index in [1.54, 1.807) is 6.07 Å². The normalized spacial score (nSPS) is 21.7. The van der Waals surface area contributed by atoms with E-state index in [-0.39, 0.29) is 11.9 Å². The molecule has 2 N–H and O–H groups in total. The van der Waals surface area contributed by atoms with Gasteiger partial charge in [-0.05, 0) is 43.4 Å². The smallest absolute Gasteiger partial charge is 0.146 e. The van der Waals surface area contributed by atoms with Crippen molar-refractivity contribution in [1.29, 1.82) is 0 Å². The van der Waals surface area contributed by atoms with Crippen LogP contribution in [0.1, 0.15) is 45.2 Å².